The van der Waals surface area contributed by atoms with Crippen molar-refractivity contribution in [3.05, 3.63) is 150 Å². The monoisotopic (exact) mass is 748 g/mol. The number of hydrogen-bond donors (Lipinski definition) is 0. The number of rotatable bonds is 4. The summed E-state index contributed by atoms with van der Waals surface area (Å²) in [4.78, 5) is 10.1. The molecule has 0 unspecified atom stereocenters. The van der Waals surface area contributed by atoms with Gasteiger partial charge in [0, 0.05) is 17.1 Å². The van der Waals surface area contributed by atoms with Crippen LogP contribution in [0.25, 0.3) is 38.9 Å². The average Bonchev–Trinajstić information content (AvgIpc) is 3.71. The number of fused-ring (bicyclic) bond motifs is 5. The average molecular weight is 749 g/mol. The zero-order valence-corrected chi connectivity index (χ0v) is 26.1. The summed E-state index contributed by atoms with van der Waals surface area (Å²) in [6.45, 7) is 0. The van der Waals surface area contributed by atoms with Crippen molar-refractivity contribution >= 4 is 21.8 Å². The van der Waals surface area contributed by atoms with E-state index in [-0.39, 0.29) is 26.5 Å². The molecule has 0 bridgehead atoms. The molecule has 0 aliphatic heterocycles. The van der Waals surface area contributed by atoms with Crippen molar-refractivity contribution in [3.63, 3.8) is 0 Å². The fourth-order valence-corrected chi connectivity index (χ4v) is 7.35. The largest absolute Gasteiger partial charge is 2.00 e. The molecule has 4 aromatic carbocycles. The van der Waals surface area contributed by atoms with Crippen molar-refractivity contribution in [1.82, 2.24) is 14.5 Å². The van der Waals surface area contributed by atoms with Gasteiger partial charge in [0.15, 0.2) is 0 Å². The first kappa shape index (κ1) is 27.0. The van der Waals surface area contributed by atoms with Gasteiger partial charge in [-0.1, -0.05) is 60.1 Å². The Balaban J connectivity index is 0.00000289. The van der Waals surface area contributed by atoms with Crippen molar-refractivity contribution in [2.24, 2.45) is 5.41 Å². The van der Waals surface area contributed by atoms with Gasteiger partial charge in [0.1, 0.15) is 5.82 Å². The first-order valence-corrected chi connectivity index (χ1v) is 14.8. The van der Waals surface area contributed by atoms with E-state index in [0.29, 0.717) is 11.8 Å². The van der Waals surface area contributed by atoms with E-state index in [1.165, 1.54) is 27.6 Å². The van der Waals surface area contributed by atoms with Crippen molar-refractivity contribution in [3.8, 4) is 28.8 Å². The first-order valence-electron chi connectivity index (χ1n) is 14.8. The van der Waals surface area contributed by atoms with Crippen LogP contribution in [0.1, 0.15) is 22.3 Å². The van der Waals surface area contributed by atoms with Crippen molar-refractivity contribution in [2.45, 2.75) is 25.7 Å². The van der Waals surface area contributed by atoms with Crippen LogP contribution in [0.15, 0.2) is 115 Å². The van der Waals surface area contributed by atoms with Crippen LogP contribution in [0.3, 0.4) is 0 Å². The van der Waals surface area contributed by atoms with Gasteiger partial charge >= 0.3 is 21.1 Å². The summed E-state index contributed by atoms with van der Waals surface area (Å²) in [6, 6.07) is 46.5. The summed E-state index contributed by atoms with van der Waals surface area (Å²) in [5.41, 5.74) is 9.56. The topological polar surface area (TPSA) is 39.9 Å². The standard InChI is InChI=1S/C39H27N3O.Pt/c1-2-11-26(12-3-1)33-21-29-24-39(22-27-13-4-5-14-28(27)23-39)25-32(29)38(40-33)43-37-20-10-19-36(41-37)42-34-17-8-6-15-30(34)31-16-7-9-18-35(31)42;/h1-11,13-17,19-21H,22-25H2;/q-2;+2. The molecule has 0 N–H and O–H groups in total. The molecule has 4 nitrogen and oxygen atoms in total. The Bertz CT molecular complexity index is 2110. The fourth-order valence-electron chi connectivity index (χ4n) is 7.35. The van der Waals surface area contributed by atoms with Gasteiger partial charge in [-0.05, 0) is 71.0 Å². The van der Waals surface area contributed by atoms with E-state index in [0.717, 1.165) is 59.2 Å². The molecule has 5 heteroatoms. The quantitative estimate of drug-likeness (QED) is 0.170. The molecule has 9 rings (SSSR count). The molecule has 3 heterocycles. The Labute approximate surface area is 270 Å². The third-order valence-electron chi connectivity index (χ3n) is 9.16. The van der Waals surface area contributed by atoms with Crippen LogP contribution >= 0.6 is 0 Å². The third kappa shape index (κ3) is 4.40. The van der Waals surface area contributed by atoms with Crippen LogP contribution < -0.4 is 4.74 Å². The fraction of sp³-hybridized carbons (Fsp3) is 0.128. The van der Waals surface area contributed by atoms with Crippen LogP contribution in [-0.2, 0) is 46.7 Å². The second-order valence-corrected chi connectivity index (χ2v) is 11.9. The van der Waals surface area contributed by atoms with Gasteiger partial charge in [-0.2, -0.15) is 29.2 Å². The maximum atomic E-state index is 6.67. The summed E-state index contributed by atoms with van der Waals surface area (Å²) in [6.07, 6.45) is 4.13. The first-order chi connectivity index (χ1) is 21.2. The van der Waals surface area contributed by atoms with Gasteiger partial charge < -0.3 is 9.30 Å². The molecule has 2 aliphatic carbocycles. The van der Waals surface area contributed by atoms with Gasteiger partial charge in [0.05, 0.1) is 0 Å². The van der Waals surface area contributed by atoms with Gasteiger partial charge in [-0.15, -0.1) is 41.3 Å². The van der Waals surface area contributed by atoms with E-state index >= 15 is 0 Å². The van der Waals surface area contributed by atoms with Gasteiger partial charge in [-0.3, -0.25) is 4.98 Å². The van der Waals surface area contributed by atoms with Crippen molar-refractivity contribution < 1.29 is 25.8 Å². The molecule has 7 aromatic rings. The van der Waals surface area contributed by atoms with Crippen molar-refractivity contribution in [1.29, 1.82) is 0 Å². The minimum absolute atomic E-state index is 0. The van der Waals surface area contributed by atoms with Crippen LogP contribution in [0.5, 0.6) is 11.8 Å². The summed E-state index contributed by atoms with van der Waals surface area (Å²) in [5, 5.41) is 2.33. The van der Waals surface area contributed by atoms with Crippen LogP contribution in [0.2, 0.25) is 0 Å². The van der Waals surface area contributed by atoms with E-state index < -0.39 is 0 Å². The number of hydrogen-bond acceptors (Lipinski definition) is 3. The van der Waals surface area contributed by atoms with Gasteiger partial charge in [-0.25, -0.2) is 0 Å². The molecule has 0 radical (unpaired) electrons. The molecule has 214 valence electrons. The zero-order valence-electron chi connectivity index (χ0n) is 23.9. The number of benzene rings is 4. The second-order valence-electron chi connectivity index (χ2n) is 11.9. The molecule has 44 heavy (non-hydrogen) atoms. The van der Waals surface area contributed by atoms with E-state index in [2.05, 4.69) is 83.4 Å². The Morgan fingerprint density at radius 1 is 0.659 bits per heavy atom. The molecule has 0 saturated carbocycles. The van der Waals surface area contributed by atoms with Gasteiger partial charge in [0.25, 0.3) is 0 Å². The molecule has 0 fully saturated rings. The Hall–Kier alpha value is -4.53. The molecule has 3 aromatic heterocycles. The molecule has 2 aliphatic rings. The number of para-hydroxylation sites is 2. The molecule has 1 spiro atoms. The number of ether oxygens (including phenoxy) is 1. The predicted octanol–water partition coefficient (Wildman–Crippen LogP) is 8.51. The van der Waals surface area contributed by atoms with Gasteiger partial charge in [0.2, 0.25) is 11.8 Å². The number of pyridine rings is 2. The van der Waals surface area contributed by atoms with E-state index in [1.807, 2.05) is 48.5 Å². The van der Waals surface area contributed by atoms with E-state index in [9.17, 15) is 0 Å². The molecule has 0 saturated heterocycles. The van der Waals surface area contributed by atoms with Crippen molar-refractivity contribution in [2.75, 3.05) is 0 Å². The van der Waals surface area contributed by atoms with Crippen LogP contribution in [-0.4, -0.2) is 14.5 Å². The normalized spacial score (nSPS) is 14.5. The van der Waals surface area contributed by atoms with Crippen LogP contribution in [0.4, 0.5) is 0 Å². The Morgan fingerprint density at radius 3 is 2.25 bits per heavy atom. The maximum Gasteiger partial charge on any atom is 2.00 e. The summed E-state index contributed by atoms with van der Waals surface area (Å²) in [5.74, 6) is 1.97. The van der Waals surface area contributed by atoms with E-state index in [4.69, 9.17) is 14.7 Å². The molecular weight excluding hydrogens is 722 g/mol. The maximum absolute atomic E-state index is 6.67. The smallest absolute Gasteiger partial charge is 0.421 e. The summed E-state index contributed by atoms with van der Waals surface area (Å²) >= 11 is 0. The molecular formula is C39H27N3OPt. The predicted molar refractivity (Wildman–Crippen MR) is 170 cm³/mol. The SMILES string of the molecule is [Pt+2].[c-]1ccccc1-c1cc2c(c(Oc3cccc(-n4c5[c-]cccc5c5ccccc54)n3)n1)CC1(Cc3ccccc3C1)C2. The minimum atomic E-state index is 0. The molecule has 0 atom stereocenters. The number of aromatic nitrogens is 3. The third-order valence-corrected chi connectivity index (χ3v) is 9.16. The zero-order chi connectivity index (χ0) is 28.4. The van der Waals surface area contributed by atoms with E-state index in [1.54, 1.807) is 0 Å². The Morgan fingerprint density at radius 2 is 1.41 bits per heavy atom. The second kappa shape index (κ2) is 10.6. The number of nitrogens with zero attached hydrogens (tertiary/aromatic N) is 3. The minimum Gasteiger partial charge on any atom is -0.421 e. The summed E-state index contributed by atoms with van der Waals surface area (Å²) < 4.78 is 8.83. The molecule has 0 amide bonds. The Kier molecular flexibility index (Phi) is 6.50. The summed E-state index contributed by atoms with van der Waals surface area (Å²) in [7, 11) is 0. The van der Waals surface area contributed by atoms with Crippen LogP contribution in [0, 0.1) is 17.5 Å².